The molecule has 1 aromatic carbocycles. The molecule has 0 radical (unpaired) electrons. The van der Waals surface area contributed by atoms with E-state index in [2.05, 4.69) is 29.4 Å². The summed E-state index contributed by atoms with van der Waals surface area (Å²) in [5.74, 6) is 1.77. The molecule has 0 aliphatic heterocycles. The molecule has 20 heavy (non-hydrogen) atoms. The second-order valence-corrected chi connectivity index (χ2v) is 4.80. The zero-order valence-corrected chi connectivity index (χ0v) is 12.2. The summed E-state index contributed by atoms with van der Waals surface area (Å²) in [6, 6.07) is 12.3. The Morgan fingerprint density at radius 2 is 1.95 bits per heavy atom. The smallest absolute Gasteiger partial charge is 0.132 e. The maximum absolute atomic E-state index is 5.81. The van der Waals surface area contributed by atoms with Gasteiger partial charge >= 0.3 is 0 Å². The first-order chi connectivity index (χ1) is 9.83. The molecule has 3 nitrogen and oxygen atoms in total. The van der Waals surface area contributed by atoms with Crippen LogP contribution in [0.4, 0.5) is 5.82 Å². The standard InChI is InChI=1S/C17H22N2O/c1-3-4-6-14-8-10-16(11-9-14)20-13-15-7-5-12-19-17(15)18-2/h5,7-12H,3-4,6,13H2,1-2H3,(H,18,19). The maximum Gasteiger partial charge on any atom is 0.132 e. The molecule has 1 aromatic heterocycles. The topological polar surface area (TPSA) is 34.1 Å². The number of nitrogens with zero attached hydrogens (tertiary/aromatic N) is 1. The van der Waals surface area contributed by atoms with Gasteiger partial charge in [0, 0.05) is 18.8 Å². The molecule has 0 amide bonds. The van der Waals surface area contributed by atoms with Crippen LogP contribution in [0, 0.1) is 0 Å². The first kappa shape index (κ1) is 14.4. The van der Waals surface area contributed by atoms with Crippen molar-refractivity contribution in [3.8, 4) is 5.75 Å². The molecule has 0 saturated carbocycles. The number of nitrogens with one attached hydrogen (secondary N) is 1. The molecule has 0 fully saturated rings. The molecule has 0 atom stereocenters. The maximum atomic E-state index is 5.81. The van der Waals surface area contributed by atoms with Crippen molar-refractivity contribution in [1.29, 1.82) is 0 Å². The number of hydrogen-bond donors (Lipinski definition) is 1. The van der Waals surface area contributed by atoms with E-state index in [1.807, 2.05) is 31.3 Å². The lowest BCUT2D eigenvalue weighted by molar-refractivity contribution is 0.306. The molecule has 3 heteroatoms. The van der Waals surface area contributed by atoms with E-state index in [0.29, 0.717) is 6.61 Å². The van der Waals surface area contributed by atoms with Gasteiger partial charge in [0.15, 0.2) is 0 Å². The summed E-state index contributed by atoms with van der Waals surface area (Å²) in [5, 5.41) is 3.07. The third kappa shape index (κ3) is 3.98. The van der Waals surface area contributed by atoms with E-state index in [1.54, 1.807) is 6.20 Å². The number of unbranched alkanes of at least 4 members (excludes halogenated alkanes) is 1. The summed E-state index contributed by atoms with van der Waals surface area (Å²) in [7, 11) is 1.87. The second-order valence-electron chi connectivity index (χ2n) is 4.80. The van der Waals surface area contributed by atoms with Crippen molar-refractivity contribution in [3.63, 3.8) is 0 Å². The van der Waals surface area contributed by atoms with E-state index in [0.717, 1.165) is 23.6 Å². The van der Waals surface area contributed by atoms with Crippen molar-refractivity contribution in [2.45, 2.75) is 32.8 Å². The lowest BCUT2D eigenvalue weighted by atomic mass is 10.1. The van der Waals surface area contributed by atoms with Crippen LogP contribution in [-0.4, -0.2) is 12.0 Å². The van der Waals surface area contributed by atoms with E-state index < -0.39 is 0 Å². The highest BCUT2D eigenvalue weighted by atomic mass is 16.5. The lowest BCUT2D eigenvalue weighted by Crippen LogP contribution is -2.02. The number of aryl methyl sites for hydroxylation is 1. The van der Waals surface area contributed by atoms with E-state index in [4.69, 9.17) is 4.74 Å². The molecule has 106 valence electrons. The Morgan fingerprint density at radius 1 is 1.15 bits per heavy atom. The predicted molar refractivity (Wildman–Crippen MR) is 83.2 cm³/mol. The fourth-order valence-electron chi connectivity index (χ4n) is 2.07. The highest BCUT2D eigenvalue weighted by Gasteiger charge is 2.02. The van der Waals surface area contributed by atoms with Gasteiger partial charge in [-0.1, -0.05) is 31.5 Å². The van der Waals surface area contributed by atoms with Gasteiger partial charge in [-0.2, -0.15) is 0 Å². The lowest BCUT2D eigenvalue weighted by Gasteiger charge is -2.10. The van der Waals surface area contributed by atoms with Gasteiger partial charge in [0.25, 0.3) is 0 Å². The summed E-state index contributed by atoms with van der Waals surface area (Å²) >= 11 is 0. The van der Waals surface area contributed by atoms with Crippen LogP contribution in [0.2, 0.25) is 0 Å². The minimum atomic E-state index is 0.526. The van der Waals surface area contributed by atoms with E-state index in [9.17, 15) is 0 Å². The molecule has 1 N–H and O–H groups in total. The molecule has 0 unspecified atom stereocenters. The van der Waals surface area contributed by atoms with Gasteiger partial charge in [-0.15, -0.1) is 0 Å². The first-order valence-electron chi connectivity index (χ1n) is 7.17. The number of rotatable bonds is 7. The second kappa shape index (κ2) is 7.53. The Hall–Kier alpha value is -2.03. The van der Waals surface area contributed by atoms with Gasteiger partial charge in [0.05, 0.1) is 0 Å². The number of hydrogen-bond acceptors (Lipinski definition) is 3. The monoisotopic (exact) mass is 270 g/mol. The van der Waals surface area contributed by atoms with Crippen molar-refractivity contribution in [2.24, 2.45) is 0 Å². The van der Waals surface area contributed by atoms with Crippen molar-refractivity contribution < 1.29 is 4.74 Å². The van der Waals surface area contributed by atoms with Gasteiger partial charge in [-0.05, 0) is 36.6 Å². The average molecular weight is 270 g/mol. The van der Waals surface area contributed by atoms with Crippen LogP contribution in [-0.2, 0) is 13.0 Å². The van der Waals surface area contributed by atoms with Crippen LogP contribution in [0.25, 0.3) is 0 Å². The molecule has 2 aromatic rings. The number of ether oxygens (including phenoxy) is 1. The predicted octanol–water partition coefficient (Wildman–Crippen LogP) is 4.04. The van der Waals surface area contributed by atoms with Gasteiger partial charge in [0.2, 0.25) is 0 Å². The summed E-state index contributed by atoms with van der Waals surface area (Å²) < 4.78 is 5.81. The van der Waals surface area contributed by atoms with Crippen molar-refractivity contribution in [1.82, 2.24) is 4.98 Å². The average Bonchev–Trinajstić information content (AvgIpc) is 2.52. The van der Waals surface area contributed by atoms with Crippen molar-refractivity contribution in [3.05, 3.63) is 53.7 Å². The van der Waals surface area contributed by atoms with Gasteiger partial charge in [-0.25, -0.2) is 4.98 Å². The molecule has 1 heterocycles. The Morgan fingerprint density at radius 3 is 2.65 bits per heavy atom. The van der Waals surface area contributed by atoms with E-state index in [1.165, 1.54) is 18.4 Å². The third-order valence-electron chi connectivity index (χ3n) is 3.26. The molecule has 0 bridgehead atoms. The zero-order valence-electron chi connectivity index (χ0n) is 12.2. The molecule has 2 rings (SSSR count). The summed E-state index contributed by atoms with van der Waals surface area (Å²) in [5.41, 5.74) is 2.43. The SMILES string of the molecule is CCCCc1ccc(OCc2cccnc2NC)cc1. The highest BCUT2D eigenvalue weighted by Crippen LogP contribution is 2.17. The van der Waals surface area contributed by atoms with Gasteiger partial charge in [0.1, 0.15) is 18.2 Å². The van der Waals surface area contributed by atoms with E-state index in [-0.39, 0.29) is 0 Å². The van der Waals surface area contributed by atoms with Crippen LogP contribution in [0.1, 0.15) is 30.9 Å². The minimum Gasteiger partial charge on any atom is -0.489 e. The van der Waals surface area contributed by atoms with Crippen LogP contribution in [0.5, 0.6) is 5.75 Å². The number of aromatic nitrogens is 1. The van der Waals surface area contributed by atoms with Crippen LogP contribution < -0.4 is 10.1 Å². The normalized spacial score (nSPS) is 10.3. The molecule has 0 aliphatic carbocycles. The van der Waals surface area contributed by atoms with Crippen LogP contribution >= 0.6 is 0 Å². The molecule has 0 aliphatic rings. The number of pyridine rings is 1. The van der Waals surface area contributed by atoms with E-state index >= 15 is 0 Å². The third-order valence-corrected chi connectivity index (χ3v) is 3.26. The van der Waals surface area contributed by atoms with Crippen LogP contribution in [0.3, 0.4) is 0 Å². The first-order valence-corrected chi connectivity index (χ1v) is 7.17. The summed E-state index contributed by atoms with van der Waals surface area (Å²) in [6.07, 6.45) is 5.38. The van der Waals surface area contributed by atoms with Crippen molar-refractivity contribution >= 4 is 5.82 Å². The Bertz CT molecular complexity index is 523. The molecule has 0 spiro atoms. The minimum absolute atomic E-state index is 0.526. The molecular formula is C17H22N2O. The molecular weight excluding hydrogens is 248 g/mol. The quantitative estimate of drug-likeness (QED) is 0.824. The van der Waals surface area contributed by atoms with Crippen molar-refractivity contribution in [2.75, 3.05) is 12.4 Å². The van der Waals surface area contributed by atoms with Gasteiger partial charge in [-0.3, -0.25) is 0 Å². The largest absolute Gasteiger partial charge is 0.489 e. The Balaban J connectivity index is 1.93. The number of anilines is 1. The molecule has 0 saturated heterocycles. The number of benzene rings is 1. The fourth-order valence-corrected chi connectivity index (χ4v) is 2.07. The fraction of sp³-hybridized carbons (Fsp3) is 0.353. The summed E-state index contributed by atoms with van der Waals surface area (Å²) in [6.45, 7) is 2.74. The van der Waals surface area contributed by atoms with Crippen LogP contribution in [0.15, 0.2) is 42.6 Å². The van der Waals surface area contributed by atoms with Gasteiger partial charge < -0.3 is 10.1 Å². The Labute approximate surface area is 121 Å². The Kier molecular flexibility index (Phi) is 5.42. The highest BCUT2D eigenvalue weighted by molar-refractivity contribution is 5.42. The zero-order chi connectivity index (χ0) is 14.2. The summed E-state index contributed by atoms with van der Waals surface area (Å²) in [4.78, 5) is 4.27.